The number of benzene rings is 2. The van der Waals surface area contributed by atoms with E-state index in [9.17, 15) is 4.79 Å². The van der Waals surface area contributed by atoms with E-state index in [4.69, 9.17) is 14.2 Å². The number of hydrogen-bond acceptors (Lipinski definition) is 4. The van der Waals surface area contributed by atoms with Crippen molar-refractivity contribution in [3.63, 3.8) is 0 Å². The van der Waals surface area contributed by atoms with E-state index in [1.54, 1.807) is 21.3 Å². The van der Waals surface area contributed by atoms with Gasteiger partial charge in [-0.2, -0.15) is 0 Å². The molecule has 0 aliphatic carbocycles. The van der Waals surface area contributed by atoms with Crippen molar-refractivity contribution in [3.05, 3.63) is 77.6 Å². The molecule has 0 bridgehead atoms. The summed E-state index contributed by atoms with van der Waals surface area (Å²) in [6.45, 7) is 1.80. The molecule has 31 heavy (non-hydrogen) atoms. The third kappa shape index (κ3) is 4.03. The fourth-order valence-corrected chi connectivity index (χ4v) is 4.09. The lowest BCUT2D eigenvalue weighted by Gasteiger charge is -2.37. The average molecular weight is 421 g/mol. The molecule has 1 aliphatic rings. The minimum Gasteiger partial charge on any atom is -0.493 e. The molecule has 3 aromatic rings. The van der Waals surface area contributed by atoms with Crippen molar-refractivity contribution in [3.8, 4) is 17.2 Å². The first-order valence-corrected chi connectivity index (χ1v) is 10.2. The number of methoxy groups -OCH3 is 3. The number of hydrogen-bond donors (Lipinski definition) is 1. The zero-order valence-corrected chi connectivity index (χ0v) is 18.0. The number of amides is 2. The summed E-state index contributed by atoms with van der Waals surface area (Å²) >= 11 is 0. The van der Waals surface area contributed by atoms with Crippen molar-refractivity contribution >= 4 is 6.03 Å². The van der Waals surface area contributed by atoms with E-state index in [1.165, 1.54) is 0 Å². The minimum atomic E-state index is -0.284. The number of fused-ring (bicyclic) bond motifs is 1. The van der Waals surface area contributed by atoms with Crippen LogP contribution in [0.15, 0.2) is 60.8 Å². The molecule has 7 nitrogen and oxygen atoms in total. The molecule has 1 N–H and O–H groups in total. The Morgan fingerprint density at radius 2 is 1.68 bits per heavy atom. The maximum absolute atomic E-state index is 13.2. The predicted octanol–water partition coefficient (Wildman–Crippen LogP) is 3.83. The van der Waals surface area contributed by atoms with E-state index in [2.05, 4.69) is 9.88 Å². The van der Waals surface area contributed by atoms with Gasteiger partial charge in [0, 0.05) is 31.5 Å². The van der Waals surface area contributed by atoms with Gasteiger partial charge >= 0.3 is 6.03 Å². The van der Waals surface area contributed by atoms with Crippen LogP contribution in [0, 0.1) is 0 Å². The molecule has 0 spiro atoms. The highest BCUT2D eigenvalue weighted by atomic mass is 16.5. The maximum Gasteiger partial charge on any atom is 0.318 e. The van der Waals surface area contributed by atoms with Gasteiger partial charge in [-0.25, -0.2) is 4.79 Å². The third-order valence-corrected chi connectivity index (χ3v) is 5.59. The van der Waals surface area contributed by atoms with Crippen LogP contribution in [-0.4, -0.2) is 43.4 Å². The summed E-state index contributed by atoms with van der Waals surface area (Å²) in [6.07, 6.45) is 2.04. The van der Waals surface area contributed by atoms with Crippen molar-refractivity contribution in [2.75, 3.05) is 27.9 Å². The number of nitrogens with zero attached hydrogens (tertiary/aromatic N) is 2. The number of rotatable bonds is 6. The van der Waals surface area contributed by atoms with Crippen LogP contribution in [0.4, 0.5) is 4.79 Å². The van der Waals surface area contributed by atoms with Gasteiger partial charge in [0.1, 0.15) is 0 Å². The van der Waals surface area contributed by atoms with Crippen molar-refractivity contribution in [2.45, 2.75) is 19.1 Å². The first kappa shape index (κ1) is 20.7. The molecule has 7 heteroatoms. The Morgan fingerprint density at radius 3 is 2.32 bits per heavy atom. The Hall–Kier alpha value is -3.61. The molecule has 0 unspecified atom stereocenters. The highest BCUT2D eigenvalue weighted by Gasteiger charge is 2.33. The molecule has 0 fully saturated rings. The SMILES string of the molecule is COc1cc([C@H]2c3cccn3CCN2C(=O)NCc2ccccc2)cc(OC)c1OC. The van der Waals surface area contributed by atoms with Crippen LogP contribution in [-0.2, 0) is 13.1 Å². The van der Waals surface area contributed by atoms with Crippen LogP contribution in [0.5, 0.6) is 17.2 Å². The van der Waals surface area contributed by atoms with Crippen molar-refractivity contribution in [1.29, 1.82) is 0 Å². The summed E-state index contributed by atoms with van der Waals surface area (Å²) in [7, 11) is 4.76. The van der Waals surface area contributed by atoms with E-state index in [0.29, 0.717) is 30.3 Å². The van der Waals surface area contributed by atoms with Gasteiger partial charge in [-0.15, -0.1) is 0 Å². The van der Waals surface area contributed by atoms with Gasteiger partial charge < -0.3 is 29.0 Å². The van der Waals surface area contributed by atoms with E-state index < -0.39 is 0 Å². The lowest BCUT2D eigenvalue weighted by atomic mass is 9.99. The topological polar surface area (TPSA) is 65.0 Å². The average Bonchev–Trinajstić information content (AvgIpc) is 3.30. The Balaban J connectivity index is 1.69. The summed E-state index contributed by atoms with van der Waals surface area (Å²) in [4.78, 5) is 15.1. The smallest absolute Gasteiger partial charge is 0.318 e. The second kappa shape index (κ2) is 9.04. The second-order valence-electron chi connectivity index (χ2n) is 7.33. The molecule has 1 aliphatic heterocycles. The molecule has 162 valence electrons. The lowest BCUT2D eigenvalue weighted by Crippen LogP contribution is -2.47. The molecule has 1 atom stereocenters. The molecule has 4 rings (SSSR count). The van der Waals surface area contributed by atoms with E-state index in [0.717, 1.165) is 23.4 Å². The summed E-state index contributed by atoms with van der Waals surface area (Å²) < 4.78 is 18.7. The Bertz CT molecular complexity index is 1020. The number of aromatic nitrogens is 1. The van der Waals surface area contributed by atoms with Gasteiger partial charge in [0.25, 0.3) is 0 Å². The fraction of sp³-hybridized carbons (Fsp3) is 0.292. The van der Waals surface area contributed by atoms with Gasteiger partial charge in [0.15, 0.2) is 11.5 Å². The van der Waals surface area contributed by atoms with Crippen molar-refractivity contribution in [1.82, 2.24) is 14.8 Å². The fourth-order valence-electron chi connectivity index (χ4n) is 4.09. The van der Waals surface area contributed by atoms with Gasteiger partial charge in [0.2, 0.25) is 5.75 Å². The summed E-state index contributed by atoms with van der Waals surface area (Å²) in [6, 6.07) is 17.4. The maximum atomic E-state index is 13.2. The first-order valence-electron chi connectivity index (χ1n) is 10.2. The molecule has 2 heterocycles. The van der Waals surface area contributed by atoms with Crippen LogP contribution in [0.3, 0.4) is 0 Å². The van der Waals surface area contributed by atoms with E-state index in [1.807, 2.05) is 65.7 Å². The normalized spacial score (nSPS) is 15.2. The standard InChI is InChI=1S/C24H27N3O4/c1-29-20-14-18(15-21(30-2)23(20)31-3)22-19-10-7-11-26(19)12-13-27(22)24(28)25-16-17-8-5-4-6-9-17/h4-11,14-15,22H,12-13,16H2,1-3H3,(H,25,28)/t22-/m0/s1. The Morgan fingerprint density at radius 1 is 0.968 bits per heavy atom. The quantitative estimate of drug-likeness (QED) is 0.657. The zero-order chi connectivity index (χ0) is 21.8. The van der Waals surface area contributed by atoms with Gasteiger partial charge in [-0.3, -0.25) is 0 Å². The van der Waals surface area contributed by atoms with Gasteiger partial charge in [-0.05, 0) is 35.4 Å². The van der Waals surface area contributed by atoms with E-state index >= 15 is 0 Å². The van der Waals surface area contributed by atoms with Crippen LogP contribution in [0.2, 0.25) is 0 Å². The van der Waals surface area contributed by atoms with E-state index in [-0.39, 0.29) is 12.1 Å². The molecule has 2 amide bonds. The highest BCUT2D eigenvalue weighted by Crippen LogP contribution is 2.43. The molecule has 0 saturated carbocycles. The van der Waals surface area contributed by atoms with Crippen molar-refractivity contribution in [2.24, 2.45) is 0 Å². The molecule has 2 aromatic carbocycles. The van der Waals surface area contributed by atoms with Crippen molar-refractivity contribution < 1.29 is 19.0 Å². The molecule has 1 aromatic heterocycles. The number of nitrogens with one attached hydrogen (secondary N) is 1. The number of carbonyl (C=O) groups excluding carboxylic acids is 1. The number of urea groups is 1. The molecular formula is C24H27N3O4. The number of carbonyl (C=O) groups is 1. The Kier molecular flexibility index (Phi) is 6.02. The largest absolute Gasteiger partial charge is 0.493 e. The summed E-state index contributed by atoms with van der Waals surface area (Å²) in [5.74, 6) is 1.65. The third-order valence-electron chi connectivity index (χ3n) is 5.59. The lowest BCUT2D eigenvalue weighted by molar-refractivity contribution is 0.168. The van der Waals surface area contributed by atoms with Crippen LogP contribution in [0.25, 0.3) is 0 Å². The van der Waals surface area contributed by atoms with Gasteiger partial charge in [-0.1, -0.05) is 30.3 Å². The van der Waals surface area contributed by atoms with Gasteiger partial charge in [0.05, 0.1) is 27.4 Å². The van der Waals surface area contributed by atoms with Crippen LogP contribution < -0.4 is 19.5 Å². The summed E-state index contributed by atoms with van der Waals surface area (Å²) in [5.41, 5.74) is 2.99. The Labute approximate surface area is 182 Å². The zero-order valence-electron chi connectivity index (χ0n) is 18.0. The van der Waals surface area contributed by atoms with Crippen LogP contribution >= 0.6 is 0 Å². The molecule has 0 saturated heterocycles. The first-order chi connectivity index (χ1) is 15.2. The summed E-state index contributed by atoms with van der Waals surface area (Å²) in [5, 5.41) is 3.06. The molecule has 0 radical (unpaired) electrons. The predicted molar refractivity (Wildman–Crippen MR) is 118 cm³/mol. The minimum absolute atomic E-state index is 0.116. The molecular weight excluding hydrogens is 394 g/mol. The second-order valence-corrected chi connectivity index (χ2v) is 7.33. The van der Waals surface area contributed by atoms with Crippen LogP contribution in [0.1, 0.15) is 22.9 Å². The monoisotopic (exact) mass is 421 g/mol. The number of ether oxygens (including phenoxy) is 3. The highest BCUT2D eigenvalue weighted by molar-refractivity contribution is 5.75.